The number of carbonyl (C=O) groups is 3. The zero-order valence-corrected chi connectivity index (χ0v) is 20.6. The summed E-state index contributed by atoms with van der Waals surface area (Å²) in [4.78, 5) is 37.7. The molecule has 3 aromatic carbocycles. The van der Waals surface area contributed by atoms with Crippen molar-refractivity contribution in [1.82, 2.24) is 16.2 Å². The monoisotopic (exact) mass is 491 g/mol. The molecule has 0 fully saturated rings. The lowest BCUT2D eigenvalue weighted by molar-refractivity contribution is -0.130. The van der Waals surface area contributed by atoms with E-state index < -0.39 is 17.9 Å². The van der Waals surface area contributed by atoms with Crippen LogP contribution in [0.15, 0.2) is 78.9 Å². The maximum atomic E-state index is 12.7. The molecule has 0 saturated carbocycles. The highest BCUT2D eigenvalue weighted by Gasteiger charge is 2.22. The number of para-hydroxylation sites is 1. The van der Waals surface area contributed by atoms with Gasteiger partial charge >= 0.3 is 0 Å². The molecular formula is C27H29N3O4S. The molecule has 0 aliphatic heterocycles. The SMILES string of the molecule is CSCCC(NC(=O)c1cccc(C)c1)C(=O)NNC(=O)COc1ccccc1-c1ccccc1. The second kappa shape index (κ2) is 13.2. The van der Waals surface area contributed by atoms with Crippen molar-refractivity contribution in [1.29, 1.82) is 0 Å². The fourth-order valence-electron chi connectivity index (χ4n) is 3.38. The molecule has 0 aromatic heterocycles. The maximum absolute atomic E-state index is 12.7. The third-order valence-corrected chi connectivity index (χ3v) is 5.81. The van der Waals surface area contributed by atoms with Gasteiger partial charge in [-0.3, -0.25) is 25.2 Å². The molecule has 1 unspecified atom stereocenters. The molecule has 3 rings (SSSR count). The summed E-state index contributed by atoms with van der Waals surface area (Å²) in [6.45, 7) is 1.61. The molecule has 0 heterocycles. The normalized spacial score (nSPS) is 11.3. The molecule has 0 aliphatic rings. The quantitative estimate of drug-likeness (QED) is 0.376. The van der Waals surface area contributed by atoms with Gasteiger partial charge in [0.15, 0.2) is 6.61 Å². The average Bonchev–Trinajstić information content (AvgIpc) is 2.89. The summed E-state index contributed by atoms with van der Waals surface area (Å²) in [6, 6.07) is 23.5. The van der Waals surface area contributed by atoms with Gasteiger partial charge in [-0.25, -0.2) is 0 Å². The van der Waals surface area contributed by atoms with Crippen LogP contribution in [0.2, 0.25) is 0 Å². The van der Waals surface area contributed by atoms with Crippen LogP contribution >= 0.6 is 11.8 Å². The lowest BCUT2D eigenvalue weighted by atomic mass is 10.1. The number of benzene rings is 3. The first kappa shape index (κ1) is 25.8. The van der Waals surface area contributed by atoms with E-state index in [1.54, 1.807) is 36.0 Å². The van der Waals surface area contributed by atoms with Crippen LogP contribution in [0.4, 0.5) is 0 Å². The largest absolute Gasteiger partial charge is 0.483 e. The maximum Gasteiger partial charge on any atom is 0.276 e. The van der Waals surface area contributed by atoms with Crippen LogP contribution in [0.25, 0.3) is 11.1 Å². The van der Waals surface area contributed by atoms with E-state index in [2.05, 4.69) is 16.2 Å². The molecule has 0 saturated heterocycles. The van der Waals surface area contributed by atoms with Gasteiger partial charge in [0.25, 0.3) is 17.7 Å². The third kappa shape index (κ3) is 7.89. The van der Waals surface area contributed by atoms with Crippen molar-refractivity contribution in [2.75, 3.05) is 18.6 Å². The van der Waals surface area contributed by atoms with Gasteiger partial charge in [0.2, 0.25) is 0 Å². The molecular weight excluding hydrogens is 462 g/mol. The summed E-state index contributed by atoms with van der Waals surface area (Å²) < 4.78 is 5.71. The van der Waals surface area contributed by atoms with Crippen LogP contribution in [0.3, 0.4) is 0 Å². The number of hydrogen-bond acceptors (Lipinski definition) is 5. The lowest BCUT2D eigenvalue weighted by Gasteiger charge is -2.19. The van der Waals surface area contributed by atoms with Gasteiger partial charge in [-0.2, -0.15) is 11.8 Å². The van der Waals surface area contributed by atoms with E-state index in [-0.39, 0.29) is 12.5 Å². The predicted octanol–water partition coefficient (Wildman–Crippen LogP) is 3.74. The number of thioether (sulfide) groups is 1. The van der Waals surface area contributed by atoms with Crippen molar-refractivity contribution in [3.05, 3.63) is 90.0 Å². The highest BCUT2D eigenvalue weighted by Crippen LogP contribution is 2.29. The molecule has 182 valence electrons. The van der Waals surface area contributed by atoms with Crippen molar-refractivity contribution in [2.45, 2.75) is 19.4 Å². The first-order valence-electron chi connectivity index (χ1n) is 11.2. The van der Waals surface area contributed by atoms with Crippen LogP contribution in [0.5, 0.6) is 5.75 Å². The molecule has 7 nitrogen and oxygen atoms in total. The van der Waals surface area contributed by atoms with Crippen LogP contribution in [-0.2, 0) is 9.59 Å². The molecule has 0 bridgehead atoms. The van der Waals surface area contributed by atoms with Gasteiger partial charge in [0.05, 0.1) is 0 Å². The van der Waals surface area contributed by atoms with Crippen molar-refractivity contribution in [3.8, 4) is 16.9 Å². The van der Waals surface area contributed by atoms with E-state index in [9.17, 15) is 14.4 Å². The Kier molecular flexibility index (Phi) is 9.74. The van der Waals surface area contributed by atoms with Crippen LogP contribution in [-0.4, -0.2) is 42.4 Å². The Morgan fingerprint density at radius 2 is 1.66 bits per heavy atom. The zero-order chi connectivity index (χ0) is 25.0. The van der Waals surface area contributed by atoms with Crippen LogP contribution in [0, 0.1) is 6.92 Å². The number of ether oxygens (including phenoxy) is 1. The molecule has 35 heavy (non-hydrogen) atoms. The van der Waals surface area contributed by atoms with Gasteiger partial charge in [-0.05, 0) is 49.1 Å². The Balaban J connectivity index is 1.55. The molecule has 0 spiro atoms. The summed E-state index contributed by atoms with van der Waals surface area (Å²) in [5.41, 5.74) is 8.02. The van der Waals surface area contributed by atoms with Crippen molar-refractivity contribution < 1.29 is 19.1 Å². The molecule has 3 aromatic rings. The number of aryl methyl sites for hydroxylation is 1. The summed E-state index contributed by atoms with van der Waals surface area (Å²) in [7, 11) is 0. The number of carbonyl (C=O) groups excluding carboxylic acids is 3. The van der Waals surface area contributed by atoms with E-state index >= 15 is 0 Å². The Bertz CT molecular complexity index is 1150. The second-order valence-corrected chi connectivity index (χ2v) is 8.85. The lowest BCUT2D eigenvalue weighted by Crippen LogP contribution is -2.53. The second-order valence-electron chi connectivity index (χ2n) is 7.87. The van der Waals surface area contributed by atoms with Gasteiger partial charge in [-0.1, -0.05) is 66.2 Å². The van der Waals surface area contributed by atoms with Gasteiger partial charge in [0, 0.05) is 11.1 Å². The minimum atomic E-state index is -0.796. The Labute approximate surface area is 209 Å². The number of amides is 3. The average molecular weight is 492 g/mol. The highest BCUT2D eigenvalue weighted by molar-refractivity contribution is 7.98. The van der Waals surface area contributed by atoms with E-state index in [4.69, 9.17) is 4.74 Å². The summed E-state index contributed by atoms with van der Waals surface area (Å²) in [6.07, 6.45) is 2.34. The zero-order valence-electron chi connectivity index (χ0n) is 19.7. The van der Waals surface area contributed by atoms with E-state index in [1.165, 1.54) is 0 Å². The van der Waals surface area contributed by atoms with E-state index in [0.29, 0.717) is 23.5 Å². The van der Waals surface area contributed by atoms with E-state index in [0.717, 1.165) is 16.7 Å². The Morgan fingerprint density at radius 1 is 0.914 bits per heavy atom. The summed E-state index contributed by atoms with van der Waals surface area (Å²) >= 11 is 1.56. The molecule has 0 aliphatic carbocycles. The first-order chi connectivity index (χ1) is 17.0. The summed E-state index contributed by atoms with van der Waals surface area (Å²) in [5.74, 6) is -0.141. The fourth-order valence-corrected chi connectivity index (χ4v) is 3.85. The van der Waals surface area contributed by atoms with Crippen molar-refractivity contribution in [3.63, 3.8) is 0 Å². The van der Waals surface area contributed by atoms with Gasteiger partial charge in [0.1, 0.15) is 11.8 Å². The minimum Gasteiger partial charge on any atom is -0.483 e. The molecule has 3 N–H and O–H groups in total. The Morgan fingerprint density at radius 3 is 2.40 bits per heavy atom. The van der Waals surface area contributed by atoms with Crippen molar-refractivity contribution in [2.24, 2.45) is 0 Å². The molecule has 1 atom stereocenters. The number of hydrogen-bond donors (Lipinski definition) is 3. The first-order valence-corrected chi connectivity index (χ1v) is 12.6. The number of hydrazine groups is 1. The number of nitrogens with one attached hydrogen (secondary N) is 3. The van der Waals surface area contributed by atoms with Crippen molar-refractivity contribution >= 4 is 29.5 Å². The fraction of sp³-hybridized carbons (Fsp3) is 0.222. The minimum absolute atomic E-state index is 0.282. The highest BCUT2D eigenvalue weighted by atomic mass is 32.2. The van der Waals surface area contributed by atoms with Crippen LogP contribution < -0.4 is 20.9 Å². The van der Waals surface area contributed by atoms with E-state index in [1.807, 2.05) is 67.8 Å². The smallest absolute Gasteiger partial charge is 0.276 e. The van der Waals surface area contributed by atoms with Gasteiger partial charge < -0.3 is 10.1 Å². The molecule has 3 amide bonds. The standard InChI is InChI=1S/C27H29N3O4S/c1-19-9-8-12-21(17-19)26(32)28-23(15-16-35-2)27(33)30-29-25(31)18-34-24-14-7-6-13-22(24)20-10-4-3-5-11-20/h3-14,17,23H,15-16,18H2,1-2H3,(H,28,32)(H,29,31)(H,30,33). The molecule has 0 radical (unpaired) electrons. The predicted molar refractivity (Wildman–Crippen MR) is 139 cm³/mol. The van der Waals surface area contributed by atoms with Gasteiger partial charge in [-0.15, -0.1) is 0 Å². The Hall–Kier alpha value is -3.78. The topological polar surface area (TPSA) is 96.5 Å². The molecule has 8 heteroatoms. The van der Waals surface area contributed by atoms with Crippen LogP contribution in [0.1, 0.15) is 22.3 Å². The summed E-state index contributed by atoms with van der Waals surface area (Å²) in [5, 5.41) is 2.76. The third-order valence-electron chi connectivity index (χ3n) is 5.17. The number of rotatable bonds is 10.